The molecule has 4 heteroatoms. The van der Waals surface area contributed by atoms with E-state index in [0.717, 1.165) is 31.7 Å². The topological polar surface area (TPSA) is 26.0 Å². The maximum atomic E-state index is 13.8. The second kappa shape index (κ2) is 4.41. The van der Waals surface area contributed by atoms with Gasteiger partial charge in [-0.25, -0.2) is 8.78 Å². The van der Waals surface area contributed by atoms with E-state index in [1.165, 1.54) is 0 Å². The van der Waals surface area contributed by atoms with Gasteiger partial charge in [0.05, 0.1) is 4.47 Å². The third-order valence-electron chi connectivity index (χ3n) is 3.53. The summed E-state index contributed by atoms with van der Waals surface area (Å²) < 4.78 is 27.3. The summed E-state index contributed by atoms with van der Waals surface area (Å²) in [6.07, 6.45) is 3.90. The van der Waals surface area contributed by atoms with E-state index in [-0.39, 0.29) is 5.41 Å². The summed E-state index contributed by atoms with van der Waals surface area (Å²) in [5, 5.41) is 0. The molecule has 0 bridgehead atoms. The molecule has 2 rings (SSSR count). The predicted molar refractivity (Wildman–Crippen MR) is 63.3 cm³/mol. The molecule has 16 heavy (non-hydrogen) atoms. The lowest BCUT2D eigenvalue weighted by atomic mass is 9.79. The van der Waals surface area contributed by atoms with Crippen molar-refractivity contribution in [3.05, 3.63) is 33.8 Å². The van der Waals surface area contributed by atoms with Crippen molar-refractivity contribution in [2.45, 2.75) is 31.1 Å². The Balaban J connectivity index is 2.50. The number of hydrogen-bond donors (Lipinski definition) is 1. The molecule has 1 aliphatic carbocycles. The van der Waals surface area contributed by atoms with Crippen molar-refractivity contribution in [2.24, 2.45) is 5.73 Å². The highest BCUT2D eigenvalue weighted by Gasteiger charge is 2.36. The highest BCUT2D eigenvalue weighted by atomic mass is 79.9. The van der Waals surface area contributed by atoms with E-state index in [0.29, 0.717) is 16.6 Å². The van der Waals surface area contributed by atoms with Crippen LogP contribution in [0.25, 0.3) is 0 Å². The van der Waals surface area contributed by atoms with Gasteiger partial charge in [-0.15, -0.1) is 0 Å². The van der Waals surface area contributed by atoms with Crippen LogP contribution in [0, 0.1) is 11.6 Å². The maximum absolute atomic E-state index is 13.8. The summed E-state index contributed by atoms with van der Waals surface area (Å²) in [5.74, 6) is -1.04. The number of benzene rings is 1. The molecule has 1 saturated carbocycles. The van der Waals surface area contributed by atoms with E-state index in [1.807, 2.05) is 0 Å². The van der Waals surface area contributed by atoms with Crippen molar-refractivity contribution >= 4 is 15.9 Å². The van der Waals surface area contributed by atoms with Crippen molar-refractivity contribution in [3.63, 3.8) is 0 Å². The molecule has 0 aliphatic heterocycles. The third-order valence-corrected chi connectivity index (χ3v) is 4.14. The molecule has 0 unspecified atom stereocenters. The SMILES string of the molecule is NCC1(c2cc(Br)c(F)cc2F)CCCC1. The van der Waals surface area contributed by atoms with E-state index in [1.54, 1.807) is 6.07 Å². The van der Waals surface area contributed by atoms with Crippen LogP contribution >= 0.6 is 15.9 Å². The minimum atomic E-state index is -0.564. The first kappa shape index (κ1) is 12.0. The normalized spacial score (nSPS) is 19.0. The number of rotatable bonds is 2. The van der Waals surface area contributed by atoms with Crippen LogP contribution in [0.3, 0.4) is 0 Å². The van der Waals surface area contributed by atoms with Crippen molar-refractivity contribution in [3.8, 4) is 0 Å². The molecule has 88 valence electrons. The molecular formula is C12H14BrF2N. The molecule has 0 spiro atoms. The second-order valence-corrected chi connectivity index (χ2v) is 5.29. The molecule has 0 amide bonds. The van der Waals surface area contributed by atoms with Crippen LogP contribution < -0.4 is 5.73 Å². The lowest BCUT2D eigenvalue weighted by Crippen LogP contribution is -2.33. The van der Waals surface area contributed by atoms with Crippen LogP contribution in [0.15, 0.2) is 16.6 Å². The first-order valence-corrected chi connectivity index (χ1v) is 6.23. The highest BCUT2D eigenvalue weighted by Crippen LogP contribution is 2.42. The zero-order chi connectivity index (χ0) is 11.8. The summed E-state index contributed by atoms with van der Waals surface area (Å²) in [5.41, 5.74) is 6.05. The average molecular weight is 290 g/mol. The molecule has 2 N–H and O–H groups in total. The van der Waals surface area contributed by atoms with Crippen LogP contribution in [0.2, 0.25) is 0 Å². The highest BCUT2D eigenvalue weighted by molar-refractivity contribution is 9.10. The Morgan fingerprint density at radius 1 is 1.19 bits per heavy atom. The lowest BCUT2D eigenvalue weighted by molar-refractivity contribution is 0.423. The molecule has 0 radical (unpaired) electrons. The molecule has 1 aromatic carbocycles. The molecule has 1 fully saturated rings. The summed E-state index contributed by atoms with van der Waals surface area (Å²) in [4.78, 5) is 0. The summed E-state index contributed by atoms with van der Waals surface area (Å²) in [6.45, 7) is 0.419. The fourth-order valence-corrected chi connectivity index (χ4v) is 2.91. The zero-order valence-corrected chi connectivity index (χ0v) is 10.5. The Morgan fingerprint density at radius 2 is 1.81 bits per heavy atom. The van der Waals surface area contributed by atoms with Crippen LogP contribution in [0.1, 0.15) is 31.2 Å². The quantitative estimate of drug-likeness (QED) is 0.829. The zero-order valence-electron chi connectivity index (χ0n) is 8.90. The Bertz CT molecular complexity index is 400. The Hall–Kier alpha value is -0.480. The number of hydrogen-bond acceptors (Lipinski definition) is 1. The molecule has 1 nitrogen and oxygen atoms in total. The Morgan fingerprint density at radius 3 is 2.38 bits per heavy atom. The largest absolute Gasteiger partial charge is 0.330 e. The van der Waals surface area contributed by atoms with Crippen molar-refractivity contribution in [2.75, 3.05) is 6.54 Å². The molecular weight excluding hydrogens is 276 g/mol. The minimum absolute atomic E-state index is 0.291. The van der Waals surface area contributed by atoms with Gasteiger partial charge in [-0.05, 0) is 40.4 Å². The van der Waals surface area contributed by atoms with Gasteiger partial charge in [0.25, 0.3) is 0 Å². The third kappa shape index (κ3) is 1.89. The van der Waals surface area contributed by atoms with Crippen LogP contribution in [0.4, 0.5) is 8.78 Å². The fourth-order valence-electron chi connectivity index (χ4n) is 2.56. The predicted octanol–water partition coefficient (Wildman–Crippen LogP) is 3.50. The van der Waals surface area contributed by atoms with Gasteiger partial charge in [-0.3, -0.25) is 0 Å². The minimum Gasteiger partial charge on any atom is -0.330 e. The van der Waals surface area contributed by atoms with Gasteiger partial charge in [0, 0.05) is 18.0 Å². The van der Waals surface area contributed by atoms with Crippen LogP contribution in [0.5, 0.6) is 0 Å². The van der Waals surface area contributed by atoms with Crippen molar-refractivity contribution in [1.29, 1.82) is 0 Å². The van der Waals surface area contributed by atoms with Gasteiger partial charge >= 0.3 is 0 Å². The molecule has 0 aromatic heterocycles. The van der Waals surface area contributed by atoms with Gasteiger partial charge < -0.3 is 5.73 Å². The maximum Gasteiger partial charge on any atom is 0.140 e. The standard InChI is InChI=1S/C12H14BrF2N/c13-9-5-8(10(14)6-11(9)15)12(7-16)3-1-2-4-12/h5-6H,1-4,7,16H2. The molecule has 0 atom stereocenters. The number of halogens is 3. The van der Waals surface area contributed by atoms with Crippen molar-refractivity contribution in [1.82, 2.24) is 0 Å². The summed E-state index contributed by atoms with van der Waals surface area (Å²) >= 11 is 3.10. The first-order chi connectivity index (χ1) is 7.59. The molecule has 0 saturated heterocycles. The van der Waals surface area contributed by atoms with E-state index < -0.39 is 11.6 Å². The van der Waals surface area contributed by atoms with Gasteiger partial charge in [0.2, 0.25) is 0 Å². The van der Waals surface area contributed by atoms with Crippen LogP contribution in [-0.2, 0) is 5.41 Å². The Kier molecular flexibility index (Phi) is 3.31. The van der Waals surface area contributed by atoms with Gasteiger partial charge in [0.1, 0.15) is 11.6 Å². The first-order valence-electron chi connectivity index (χ1n) is 5.44. The smallest absolute Gasteiger partial charge is 0.140 e. The summed E-state index contributed by atoms with van der Waals surface area (Å²) in [7, 11) is 0. The molecule has 0 heterocycles. The van der Waals surface area contributed by atoms with Gasteiger partial charge in [-0.2, -0.15) is 0 Å². The van der Waals surface area contributed by atoms with E-state index in [9.17, 15) is 8.78 Å². The monoisotopic (exact) mass is 289 g/mol. The molecule has 1 aromatic rings. The lowest BCUT2D eigenvalue weighted by Gasteiger charge is -2.28. The Labute approximate surface area is 102 Å². The number of nitrogens with two attached hydrogens (primary N) is 1. The van der Waals surface area contributed by atoms with Crippen molar-refractivity contribution < 1.29 is 8.78 Å². The van der Waals surface area contributed by atoms with E-state index >= 15 is 0 Å². The average Bonchev–Trinajstić information content (AvgIpc) is 2.73. The fraction of sp³-hybridized carbons (Fsp3) is 0.500. The summed E-state index contributed by atoms with van der Waals surface area (Å²) in [6, 6.07) is 2.48. The van der Waals surface area contributed by atoms with E-state index in [2.05, 4.69) is 15.9 Å². The van der Waals surface area contributed by atoms with Crippen LogP contribution in [-0.4, -0.2) is 6.54 Å². The molecule has 1 aliphatic rings. The second-order valence-electron chi connectivity index (χ2n) is 4.44. The van der Waals surface area contributed by atoms with Gasteiger partial charge in [0.15, 0.2) is 0 Å². The van der Waals surface area contributed by atoms with Gasteiger partial charge in [-0.1, -0.05) is 12.8 Å². The van der Waals surface area contributed by atoms with E-state index in [4.69, 9.17) is 5.73 Å².